The van der Waals surface area contributed by atoms with Crippen molar-refractivity contribution in [2.45, 2.75) is 39.4 Å². The molecule has 0 saturated carbocycles. The standard InChI is InChI=1S/C18H24BrNO3S2/c1-5-22-14-8-12(7-13(19)16(14)23-6-2)9-15-17(21)20(10-11(3)4)18(24)25-15/h7-8,11,15H,5-6,9-10H2,1-4H3/t15-/m1/s1. The van der Waals surface area contributed by atoms with Crippen molar-refractivity contribution in [3.8, 4) is 11.5 Å². The largest absolute Gasteiger partial charge is 0.490 e. The Balaban J connectivity index is 2.20. The molecule has 1 saturated heterocycles. The van der Waals surface area contributed by atoms with Crippen molar-refractivity contribution < 1.29 is 14.3 Å². The van der Waals surface area contributed by atoms with E-state index < -0.39 is 0 Å². The predicted molar refractivity (Wildman–Crippen MR) is 111 cm³/mol. The van der Waals surface area contributed by atoms with E-state index in [0.29, 0.717) is 47.9 Å². The van der Waals surface area contributed by atoms with Gasteiger partial charge in [-0.25, -0.2) is 0 Å². The maximum absolute atomic E-state index is 12.7. The van der Waals surface area contributed by atoms with Gasteiger partial charge in [-0.3, -0.25) is 9.69 Å². The number of rotatable bonds is 8. The fourth-order valence-electron chi connectivity index (χ4n) is 2.66. The van der Waals surface area contributed by atoms with Crippen LogP contribution >= 0.6 is 39.9 Å². The molecule has 0 spiro atoms. The van der Waals surface area contributed by atoms with Crippen molar-refractivity contribution in [3.63, 3.8) is 0 Å². The van der Waals surface area contributed by atoms with Crippen LogP contribution in [0.3, 0.4) is 0 Å². The van der Waals surface area contributed by atoms with E-state index in [9.17, 15) is 4.79 Å². The lowest BCUT2D eigenvalue weighted by Crippen LogP contribution is -2.34. The molecule has 1 fully saturated rings. The summed E-state index contributed by atoms with van der Waals surface area (Å²) in [7, 11) is 0. The Bertz CT molecular complexity index is 651. The molecule has 25 heavy (non-hydrogen) atoms. The van der Waals surface area contributed by atoms with E-state index >= 15 is 0 Å². The van der Waals surface area contributed by atoms with Crippen LogP contribution in [0.15, 0.2) is 16.6 Å². The van der Waals surface area contributed by atoms with Gasteiger partial charge in [0.1, 0.15) is 4.32 Å². The fourth-order valence-corrected chi connectivity index (χ4v) is 4.81. The van der Waals surface area contributed by atoms with Gasteiger partial charge >= 0.3 is 0 Å². The van der Waals surface area contributed by atoms with Crippen LogP contribution < -0.4 is 9.47 Å². The van der Waals surface area contributed by atoms with Gasteiger partial charge in [0, 0.05) is 6.54 Å². The summed E-state index contributed by atoms with van der Waals surface area (Å²) in [6.45, 7) is 9.85. The first-order chi connectivity index (χ1) is 11.9. The summed E-state index contributed by atoms with van der Waals surface area (Å²) in [5.41, 5.74) is 1.03. The van der Waals surface area contributed by atoms with E-state index in [2.05, 4.69) is 29.8 Å². The Morgan fingerprint density at radius 2 is 1.96 bits per heavy atom. The average Bonchev–Trinajstić information content (AvgIpc) is 2.78. The summed E-state index contributed by atoms with van der Waals surface area (Å²) in [6.07, 6.45) is 0.614. The van der Waals surface area contributed by atoms with Crippen molar-refractivity contribution in [1.82, 2.24) is 4.90 Å². The summed E-state index contributed by atoms with van der Waals surface area (Å²) >= 11 is 10.4. The first kappa shape index (κ1) is 20.5. The molecule has 0 N–H and O–H groups in total. The molecule has 0 unspecified atom stereocenters. The molecule has 1 atom stereocenters. The molecule has 0 radical (unpaired) electrons. The zero-order chi connectivity index (χ0) is 18.6. The predicted octanol–water partition coefficient (Wildman–Crippen LogP) is 4.67. The average molecular weight is 446 g/mol. The van der Waals surface area contributed by atoms with Gasteiger partial charge in [-0.2, -0.15) is 0 Å². The van der Waals surface area contributed by atoms with Crippen LogP contribution in [-0.4, -0.2) is 40.1 Å². The van der Waals surface area contributed by atoms with Crippen LogP contribution in [0.2, 0.25) is 0 Å². The second-order valence-electron chi connectivity index (χ2n) is 6.19. The van der Waals surface area contributed by atoms with Crippen LogP contribution in [0, 0.1) is 5.92 Å². The molecular formula is C18H24BrNO3S2. The number of nitrogens with zero attached hydrogens (tertiary/aromatic N) is 1. The second kappa shape index (κ2) is 9.24. The molecule has 1 aliphatic heterocycles. The lowest BCUT2D eigenvalue weighted by molar-refractivity contribution is -0.126. The molecule has 4 nitrogen and oxygen atoms in total. The van der Waals surface area contributed by atoms with Gasteiger partial charge in [-0.1, -0.05) is 37.8 Å². The molecule has 0 aromatic heterocycles. The molecule has 7 heteroatoms. The Morgan fingerprint density at radius 3 is 2.56 bits per heavy atom. The minimum Gasteiger partial charge on any atom is -0.490 e. The molecule has 138 valence electrons. The summed E-state index contributed by atoms with van der Waals surface area (Å²) in [4.78, 5) is 14.4. The van der Waals surface area contributed by atoms with E-state index in [1.807, 2.05) is 26.0 Å². The van der Waals surface area contributed by atoms with Crippen LogP contribution in [-0.2, 0) is 11.2 Å². The van der Waals surface area contributed by atoms with Gasteiger partial charge in [-0.05, 0) is 59.8 Å². The van der Waals surface area contributed by atoms with Crippen molar-refractivity contribution in [3.05, 3.63) is 22.2 Å². The summed E-state index contributed by atoms with van der Waals surface area (Å²) < 4.78 is 12.9. The minimum atomic E-state index is -0.175. The molecule has 1 aromatic carbocycles. The number of carbonyl (C=O) groups is 1. The molecule has 1 heterocycles. The molecule has 1 aliphatic rings. The topological polar surface area (TPSA) is 38.8 Å². The quantitative estimate of drug-likeness (QED) is 0.543. The molecule has 1 amide bonds. The third kappa shape index (κ3) is 5.11. The monoisotopic (exact) mass is 445 g/mol. The van der Waals surface area contributed by atoms with Crippen molar-refractivity contribution in [1.29, 1.82) is 0 Å². The zero-order valence-electron chi connectivity index (χ0n) is 15.0. The highest BCUT2D eigenvalue weighted by molar-refractivity contribution is 9.10. The molecular weight excluding hydrogens is 422 g/mol. The van der Waals surface area contributed by atoms with Crippen LogP contribution in [0.1, 0.15) is 33.3 Å². The molecule has 0 bridgehead atoms. The lowest BCUT2D eigenvalue weighted by Gasteiger charge is -2.18. The highest BCUT2D eigenvalue weighted by atomic mass is 79.9. The summed E-state index contributed by atoms with van der Waals surface area (Å²) in [5.74, 6) is 1.90. The lowest BCUT2D eigenvalue weighted by atomic mass is 10.1. The van der Waals surface area contributed by atoms with Gasteiger partial charge in [0.2, 0.25) is 5.91 Å². The first-order valence-electron chi connectivity index (χ1n) is 8.47. The zero-order valence-corrected chi connectivity index (χ0v) is 18.2. The number of benzene rings is 1. The third-order valence-electron chi connectivity index (χ3n) is 3.63. The number of halogens is 1. The number of carbonyl (C=O) groups excluding carboxylic acids is 1. The highest BCUT2D eigenvalue weighted by Crippen LogP contribution is 2.39. The Labute approximate surface area is 167 Å². The fraction of sp³-hybridized carbons (Fsp3) is 0.556. The van der Waals surface area contributed by atoms with Crippen LogP contribution in [0.4, 0.5) is 0 Å². The van der Waals surface area contributed by atoms with Crippen molar-refractivity contribution in [2.24, 2.45) is 5.92 Å². The number of amides is 1. The van der Waals surface area contributed by atoms with E-state index in [-0.39, 0.29) is 11.2 Å². The number of hydrogen-bond acceptors (Lipinski definition) is 5. The normalized spacial score (nSPS) is 17.5. The smallest absolute Gasteiger partial charge is 0.241 e. The van der Waals surface area contributed by atoms with Gasteiger partial charge in [0.05, 0.1) is 22.9 Å². The maximum atomic E-state index is 12.7. The van der Waals surface area contributed by atoms with Crippen molar-refractivity contribution in [2.75, 3.05) is 19.8 Å². The first-order valence-corrected chi connectivity index (χ1v) is 10.5. The van der Waals surface area contributed by atoms with Gasteiger partial charge < -0.3 is 9.47 Å². The van der Waals surface area contributed by atoms with E-state index in [1.54, 1.807) is 4.90 Å². The molecule has 2 rings (SSSR count). The van der Waals surface area contributed by atoms with E-state index in [1.165, 1.54) is 11.8 Å². The molecule has 1 aromatic rings. The Kier molecular flexibility index (Phi) is 7.58. The number of thiocarbonyl (C=S) groups is 1. The SMILES string of the molecule is CCOc1cc(C[C@H]2SC(=S)N(CC(C)C)C2=O)cc(Br)c1OCC. The Hall–Kier alpha value is -0.790. The number of ether oxygens (including phenoxy) is 2. The van der Waals surface area contributed by atoms with Crippen LogP contribution in [0.25, 0.3) is 0 Å². The minimum absolute atomic E-state index is 0.103. The number of hydrogen-bond donors (Lipinski definition) is 0. The second-order valence-corrected chi connectivity index (χ2v) is 8.88. The van der Waals surface area contributed by atoms with Crippen molar-refractivity contribution >= 4 is 50.1 Å². The Morgan fingerprint density at radius 1 is 1.28 bits per heavy atom. The summed E-state index contributed by atoms with van der Waals surface area (Å²) in [5, 5.41) is -0.175. The van der Waals surface area contributed by atoms with Crippen LogP contribution in [0.5, 0.6) is 11.5 Å². The van der Waals surface area contributed by atoms with Gasteiger partial charge in [-0.15, -0.1) is 0 Å². The highest BCUT2D eigenvalue weighted by Gasteiger charge is 2.37. The summed E-state index contributed by atoms with van der Waals surface area (Å²) in [6, 6.07) is 3.96. The maximum Gasteiger partial charge on any atom is 0.241 e. The third-order valence-corrected chi connectivity index (χ3v) is 5.80. The molecule has 0 aliphatic carbocycles. The van der Waals surface area contributed by atoms with E-state index in [4.69, 9.17) is 21.7 Å². The van der Waals surface area contributed by atoms with Gasteiger partial charge in [0.25, 0.3) is 0 Å². The van der Waals surface area contributed by atoms with E-state index in [0.717, 1.165) is 10.0 Å². The van der Waals surface area contributed by atoms with Gasteiger partial charge in [0.15, 0.2) is 11.5 Å². The number of thioether (sulfide) groups is 1.